The number of benzene rings is 2. The van der Waals surface area contributed by atoms with Crippen molar-refractivity contribution in [3.8, 4) is 5.75 Å². The Labute approximate surface area is 139 Å². The molecule has 0 atom stereocenters. The fourth-order valence-corrected chi connectivity index (χ4v) is 2.04. The molecule has 5 nitrogen and oxygen atoms in total. The van der Waals surface area contributed by atoms with E-state index in [1.165, 1.54) is 0 Å². The van der Waals surface area contributed by atoms with Gasteiger partial charge >= 0.3 is 0 Å². The van der Waals surface area contributed by atoms with E-state index in [9.17, 15) is 9.59 Å². The molecule has 2 rings (SSSR count). The standard InChI is InChI=1S/C17H17ClN2O3/c1-23-15-9-2-12(3-10-15)4-11-16(21)19-20-17(22)13-5-7-14(18)8-6-13/h2-3,5-10H,4,11H2,1H3,(H,19,21)(H,20,22). The number of carbonyl (C=O) groups is 2. The number of carbonyl (C=O) groups excluding carboxylic acids is 2. The first-order valence-corrected chi connectivity index (χ1v) is 7.44. The second-order valence-corrected chi connectivity index (χ2v) is 5.29. The third-order valence-corrected chi connectivity index (χ3v) is 3.47. The van der Waals surface area contributed by atoms with Crippen LogP contribution in [0.25, 0.3) is 0 Å². The molecule has 0 spiro atoms. The van der Waals surface area contributed by atoms with E-state index in [0.717, 1.165) is 11.3 Å². The fraction of sp³-hybridized carbons (Fsp3) is 0.176. The zero-order chi connectivity index (χ0) is 16.7. The Morgan fingerprint density at radius 1 is 1.00 bits per heavy atom. The van der Waals surface area contributed by atoms with E-state index in [0.29, 0.717) is 17.0 Å². The van der Waals surface area contributed by atoms with Gasteiger partial charge in [0, 0.05) is 17.0 Å². The van der Waals surface area contributed by atoms with Crippen LogP contribution >= 0.6 is 11.6 Å². The van der Waals surface area contributed by atoms with Crippen molar-refractivity contribution < 1.29 is 14.3 Å². The monoisotopic (exact) mass is 332 g/mol. The summed E-state index contributed by atoms with van der Waals surface area (Å²) < 4.78 is 5.07. The number of nitrogens with one attached hydrogen (secondary N) is 2. The molecule has 23 heavy (non-hydrogen) atoms. The average molecular weight is 333 g/mol. The van der Waals surface area contributed by atoms with Crippen molar-refractivity contribution in [3.05, 3.63) is 64.7 Å². The van der Waals surface area contributed by atoms with E-state index >= 15 is 0 Å². The normalized spacial score (nSPS) is 10.0. The summed E-state index contributed by atoms with van der Waals surface area (Å²) in [6.45, 7) is 0. The zero-order valence-corrected chi connectivity index (χ0v) is 13.4. The number of hydrogen-bond donors (Lipinski definition) is 2. The number of aryl methyl sites for hydroxylation is 1. The second kappa shape index (κ2) is 8.19. The van der Waals surface area contributed by atoms with Crippen LogP contribution in [-0.2, 0) is 11.2 Å². The number of hydrogen-bond acceptors (Lipinski definition) is 3. The van der Waals surface area contributed by atoms with Gasteiger partial charge in [-0.1, -0.05) is 23.7 Å². The molecule has 2 aromatic rings. The van der Waals surface area contributed by atoms with Gasteiger partial charge in [-0.3, -0.25) is 20.4 Å². The molecule has 2 amide bonds. The molecular formula is C17H17ClN2O3. The maximum absolute atomic E-state index is 11.8. The maximum Gasteiger partial charge on any atom is 0.269 e. The van der Waals surface area contributed by atoms with E-state index in [2.05, 4.69) is 10.9 Å². The van der Waals surface area contributed by atoms with Crippen LogP contribution in [0.5, 0.6) is 5.75 Å². The first-order chi connectivity index (χ1) is 11.1. The predicted octanol–water partition coefficient (Wildman–Crippen LogP) is 2.74. The molecule has 0 aliphatic carbocycles. The van der Waals surface area contributed by atoms with Crippen molar-refractivity contribution in [3.63, 3.8) is 0 Å². The zero-order valence-electron chi connectivity index (χ0n) is 12.6. The minimum Gasteiger partial charge on any atom is -0.497 e. The van der Waals surface area contributed by atoms with E-state index in [4.69, 9.17) is 16.3 Å². The molecule has 0 aliphatic heterocycles. The molecule has 0 bridgehead atoms. The van der Waals surface area contributed by atoms with Crippen LogP contribution in [0.4, 0.5) is 0 Å². The molecule has 0 unspecified atom stereocenters. The Balaban J connectivity index is 1.76. The van der Waals surface area contributed by atoms with Crippen LogP contribution < -0.4 is 15.6 Å². The largest absolute Gasteiger partial charge is 0.497 e. The van der Waals surface area contributed by atoms with E-state index in [1.54, 1.807) is 31.4 Å². The van der Waals surface area contributed by atoms with Gasteiger partial charge in [-0.25, -0.2) is 0 Å². The maximum atomic E-state index is 11.8. The summed E-state index contributed by atoms with van der Waals surface area (Å²) in [6, 6.07) is 13.9. The van der Waals surface area contributed by atoms with Crippen molar-refractivity contribution in [1.29, 1.82) is 0 Å². The van der Waals surface area contributed by atoms with E-state index in [-0.39, 0.29) is 18.2 Å². The highest BCUT2D eigenvalue weighted by Gasteiger charge is 2.07. The lowest BCUT2D eigenvalue weighted by Gasteiger charge is -2.08. The summed E-state index contributed by atoms with van der Waals surface area (Å²) in [5, 5.41) is 0.546. The van der Waals surface area contributed by atoms with Crippen molar-refractivity contribution in [1.82, 2.24) is 10.9 Å². The highest BCUT2D eigenvalue weighted by Crippen LogP contribution is 2.12. The van der Waals surface area contributed by atoms with E-state index < -0.39 is 0 Å². The minimum absolute atomic E-state index is 0.261. The van der Waals surface area contributed by atoms with Crippen LogP contribution in [0, 0.1) is 0 Å². The number of rotatable bonds is 5. The minimum atomic E-state index is -0.389. The molecule has 2 aromatic carbocycles. The molecule has 120 valence electrons. The molecule has 0 saturated carbocycles. The number of amides is 2. The summed E-state index contributed by atoms with van der Waals surface area (Å²) in [4.78, 5) is 23.6. The highest BCUT2D eigenvalue weighted by molar-refractivity contribution is 6.30. The van der Waals surface area contributed by atoms with Gasteiger partial charge in [-0.05, 0) is 48.4 Å². The lowest BCUT2D eigenvalue weighted by atomic mass is 10.1. The van der Waals surface area contributed by atoms with Gasteiger partial charge in [0.25, 0.3) is 5.91 Å². The molecule has 0 radical (unpaired) electrons. The lowest BCUT2D eigenvalue weighted by molar-refractivity contribution is -0.121. The number of hydrazine groups is 1. The molecule has 2 N–H and O–H groups in total. The topological polar surface area (TPSA) is 67.4 Å². The lowest BCUT2D eigenvalue weighted by Crippen LogP contribution is -2.41. The number of halogens is 1. The summed E-state index contributed by atoms with van der Waals surface area (Å²) in [5.41, 5.74) is 6.20. The second-order valence-electron chi connectivity index (χ2n) is 4.86. The first-order valence-electron chi connectivity index (χ1n) is 7.06. The molecule has 0 saturated heterocycles. The van der Waals surface area contributed by atoms with Gasteiger partial charge in [0.2, 0.25) is 5.91 Å². The molecule has 6 heteroatoms. The van der Waals surface area contributed by atoms with Crippen LogP contribution in [-0.4, -0.2) is 18.9 Å². The Bertz CT molecular complexity index is 669. The number of methoxy groups -OCH3 is 1. The van der Waals surface area contributed by atoms with Crippen molar-refractivity contribution in [2.45, 2.75) is 12.8 Å². The fourth-order valence-electron chi connectivity index (χ4n) is 1.91. The third-order valence-electron chi connectivity index (χ3n) is 3.22. The summed E-state index contributed by atoms with van der Waals surface area (Å²) in [5.74, 6) is 0.121. The van der Waals surface area contributed by atoms with Crippen LogP contribution in [0.3, 0.4) is 0 Å². The molecule has 0 fully saturated rings. The molecule has 0 aliphatic rings. The Morgan fingerprint density at radius 3 is 2.26 bits per heavy atom. The molecule has 0 aromatic heterocycles. The van der Waals surface area contributed by atoms with Gasteiger partial charge in [0.15, 0.2) is 0 Å². The van der Waals surface area contributed by atoms with E-state index in [1.807, 2.05) is 24.3 Å². The van der Waals surface area contributed by atoms with Crippen molar-refractivity contribution in [2.75, 3.05) is 7.11 Å². The molecule has 0 heterocycles. The van der Waals surface area contributed by atoms with Crippen LogP contribution in [0.1, 0.15) is 22.3 Å². The summed E-state index contributed by atoms with van der Waals surface area (Å²) in [6.07, 6.45) is 0.847. The smallest absolute Gasteiger partial charge is 0.269 e. The summed E-state index contributed by atoms with van der Waals surface area (Å²) in [7, 11) is 1.60. The van der Waals surface area contributed by atoms with Gasteiger partial charge < -0.3 is 4.74 Å². The Hall–Kier alpha value is -2.53. The third kappa shape index (κ3) is 5.30. The van der Waals surface area contributed by atoms with Gasteiger partial charge in [0.1, 0.15) is 5.75 Å². The van der Waals surface area contributed by atoms with Crippen LogP contribution in [0.15, 0.2) is 48.5 Å². The predicted molar refractivity (Wildman–Crippen MR) is 88.4 cm³/mol. The quantitative estimate of drug-likeness (QED) is 0.827. The molecular weight excluding hydrogens is 316 g/mol. The Morgan fingerprint density at radius 2 is 1.65 bits per heavy atom. The first kappa shape index (κ1) is 16.8. The average Bonchev–Trinajstić information content (AvgIpc) is 2.59. The van der Waals surface area contributed by atoms with Gasteiger partial charge in [0.05, 0.1) is 7.11 Å². The van der Waals surface area contributed by atoms with Crippen LogP contribution in [0.2, 0.25) is 5.02 Å². The number of ether oxygens (including phenoxy) is 1. The summed E-state index contributed by atoms with van der Waals surface area (Å²) >= 11 is 5.75. The van der Waals surface area contributed by atoms with Crippen molar-refractivity contribution >= 4 is 23.4 Å². The van der Waals surface area contributed by atoms with Gasteiger partial charge in [-0.2, -0.15) is 0 Å². The SMILES string of the molecule is COc1ccc(CCC(=O)NNC(=O)c2ccc(Cl)cc2)cc1. The van der Waals surface area contributed by atoms with Gasteiger partial charge in [-0.15, -0.1) is 0 Å². The Kier molecular flexibility index (Phi) is 6.00. The highest BCUT2D eigenvalue weighted by atomic mass is 35.5. The van der Waals surface area contributed by atoms with Crippen molar-refractivity contribution in [2.24, 2.45) is 0 Å².